The Hall–Kier alpha value is -3.06. The molecule has 5 rings (SSSR count). The number of nitrogens with one attached hydrogen (secondary N) is 2. The first-order valence-electron chi connectivity index (χ1n) is 11.0. The van der Waals surface area contributed by atoms with E-state index in [1.165, 1.54) is 0 Å². The second kappa shape index (κ2) is 9.19. The summed E-state index contributed by atoms with van der Waals surface area (Å²) in [4.78, 5) is 6.37. The molecular weight excluding hydrogens is 494 g/mol. The number of halogens is 1. The lowest BCUT2D eigenvalue weighted by molar-refractivity contribution is -0.0721. The molecule has 1 fully saturated rings. The van der Waals surface area contributed by atoms with E-state index in [-0.39, 0.29) is 23.0 Å². The molecule has 2 N–H and O–H groups in total. The van der Waals surface area contributed by atoms with Gasteiger partial charge in [-0.3, -0.25) is 14.7 Å². The van der Waals surface area contributed by atoms with Crippen molar-refractivity contribution in [2.45, 2.75) is 32.6 Å². The highest BCUT2D eigenvalue weighted by Gasteiger charge is 2.24. The van der Waals surface area contributed by atoms with E-state index in [0.717, 1.165) is 35.8 Å². The SMILES string of the molecule is CC1CN(Cc2nnc(-c3cc(-c4cnc(Cl)c(NS(C)(=O)=O)c4)cc4[nH]ncc34)o2)CC(C)O1. The van der Waals surface area contributed by atoms with Crippen LogP contribution in [0, 0.1) is 0 Å². The van der Waals surface area contributed by atoms with Crippen molar-refractivity contribution in [3.05, 3.63) is 41.6 Å². The van der Waals surface area contributed by atoms with Gasteiger partial charge in [0.2, 0.25) is 21.8 Å². The van der Waals surface area contributed by atoms with Gasteiger partial charge in [-0.2, -0.15) is 5.10 Å². The number of H-pyrrole nitrogens is 1. The number of aromatic nitrogens is 5. The van der Waals surface area contributed by atoms with Crippen LogP contribution in [0.15, 0.2) is 35.0 Å². The third-order valence-electron chi connectivity index (χ3n) is 5.58. The van der Waals surface area contributed by atoms with Gasteiger partial charge < -0.3 is 9.15 Å². The highest BCUT2D eigenvalue weighted by atomic mass is 35.5. The van der Waals surface area contributed by atoms with Gasteiger partial charge in [0.05, 0.1) is 48.0 Å². The zero-order chi connectivity index (χ0) is 24.7. The second-order valence-corrected chi connectivity index (χ2v) is 10.9. The largest absolute Gasteiger partial charge is 0.419 e. The Morgan fingerprint density at radius 1 is 1.14 bits per heavy atom. The average molecular weight is 518 g/mol. The first kappa shape index (κ1) is 23.7. The summed E-state index contributed by atoms with van der Waals surface area (Å²) >= 11 is 6.10. The number of nitrogens with zero attached hydrogens (tertiary/aromatic N) is 5. The van der Waals surface area contributed by atoms with Gasteiger partial charge in [0.15, 0.2) is 5.15 Å². The number of aromatic amines is 1. The lowest BCUT2D eigenvalue weighted by Gasteiger charge is -2.34. The van der Waals surface area contributed by atoms with E-state index in [9.17, 15) is 8.42 Å². The molecule has 4 heterocycles. The highest BCUT2D eigenvalue weighted by molar-refractivity contribution is 7.92. The smallest absolute Gasteiger partial charge is 0.248 e. The lowest BCUT2D eigenvalue weighted by Crippen LogP contribution is -2.44. The fourth-order valence-electron chi connectivity index (χ4n) is 4.30. The Morgan fingerprint density at radius 2 is 1.91 bits per heavy atom. The molecule has 1 aliphatic rings. The number of ether oxygens (including phenoxy) is 1. The number of anilines is 1. The van der Waals surface area contributed by atoms with Crippen LogP contribution in [0.25, 0.3) is 33.5 Å². The predicted octanol–water partition coefficient (Wildman–Crippen LogP) is 3.31. The molecule has 3 aromatic heterocycles. The Kier molecular flexibility index (Phi) is 6.21. The van der Waals surface area contributed by atoms with Crippen LogP contribution in [0.5, 0.6) is 0 Å². The van der Waals surface area contributed by atoms with E-state index in [1.807, 2.05) is 26.0 Å². The van der Waals surface area contributed by atoms with Crippen LogP contribution < -0.4 is 4.72 Å². The minimum Gasteiger partial charge on any atom is -0.419 e. The highest BCUT2D eigenvalue weighted by Crippen LogP contribution is 2.34. The molecule has 184 valence electrons. The minimum atomic E-state index is -3.53. The predicted molar refractivity (Wildman–Crippen MR) is 131 cm³/mol. The summed E-state index contributed by atoms with van der Waals surface area (Å²) in [6, 6.07) is 5.38. The monoisotopic (exact) mass is 517 g/mol. The molecule has 2 atom stereocenters. The topological polar surface area (TPSA) is 139 Å². The zero-order valence-electron chi connectivity index (χ0n) is 19.3. The Morgan fingerprint density at radius 3 is 2.66 bits per heavy atom. The van der Waals surface area contributed by atoms with E-state index in [2.05, 4.69) is 35.0 Å². The van der Waals surface area contributed by atoms with Crippen molar-refractivity contribution < 1.29 is 17.6 Å². The zero-order valence-corrected chi connectivity index (χ0v) is 20.9. The molecule has 0 aliphatic carbocycles. The number of morpholine rings is 1. The number of sulfonamides is 1. The quantitative estimate of drug-likeness (QED) is 0.368. The van der Waals surface area contributed by atoms with Crippen molar-refractivity contribution in [3.8, 4) is 22.6 Å². The van der Waals surface area contributed by atoms with E-state index in [1.54, 1.807) is 18.5 Å². The fraction of sp³-hybridized carbons (Fsp3) is 0.364. The van der Waals surface area contributed by atoms with Crippen molar-refractivity contribution in [1.82, 2.24) is 30.3 Å². The summed E-state index contributed by atoms with van der Waals surface area (Å²) in [7, 11) is -3.53. The van der Waals surface area contributed by atoms with Crippen LogP contribution in [0.3, 0.4) is 0 Å². The molecule has 1 aromatic carbocycles. The van der Waals surface area contributed by atoms with Gasteiger partial charge in [0, 0.05) is 30.2 Å². The molecule has 11 nitrogen and oxygen atoms in total. The van der Waals surface area contributed by atoms with Gasteiger partial charge in [-0.15, -0.1) is 10.2 Å². The van der Waals surface area contributed by atoms with Crippen LogP contribution in [-0.4, -0.2) is 70.2 Å². The van der Waals surface area contributed by atoms with Crippen molar-refractivity contribution in [2.24, 2.45) is 0 Å². The van der Waals surface area contributed by atoms with Gasteiger partial charge in [0.1, 0.15) is 0 Å². The number of fused-ring (bicyclic) bond motifs is 1. The summed E-state index contributed by atoms with van der Waals surface area (Å²) in [6.07, 6.45) is 4.59. The molecule has 2 unspecified atom stereocenters. The third-order valence-corrected chi connectivity index (χ3v) is 6.47. The number of pyridine rings is 1. The van der Waals surface area contributed by atoms with Gasteiger partial charge >= 0.3 is 0 Å². The molecule has 0 radical (unpaired) electrons. The van der Waals surface area contributed by atoms with Crippen molar-refractivity contribution in [3.63, 3.8) is 0 Å². The maximum Gasteiger partial charge on any atom is 0.248 e. The van der Waals surface area contributed by atoms with E-state index in [0.29, 0.717) is 29.5 Å². The fourth-order valence-corrected chi connectivity index (χ4v) is 5.06. The van der Waals surface area contributed by atoms with E-state index in [4.69, 9.17) is 20.8 Å². The molecule has 0 bridgehead atoms. The number of hydrogen-bond acceptors (Lipinski definition) is 9. The summed E-state index contributed by atoms with van der Waals surface area (Å²) in [5, 5.41) is 16.5. The molecular formula is C22H24ClN7O4S. The van der Waals surface area contributed by atoms with Crippen LogP contribution in [0.1, 0.15) is 19.7 Å². The van der Waals surface area contributed by atoms with Crippen LogP contribution in [0.4, 0.5) is 5.69 Å². The summed E-state index contributed by atoms with van der Waals surface area (Å²) in [5.74, 6) is 0.871. The third kappa shape index (κ3) is 5.30. The maximum absolute atomic E-state index is 11.7. The molecule has 1 saturated heterocycles. The number of benzene rings is 1. The molecule has 4 aromatic rings. The number of hydrogen-bond donors (Lipinski definition) is 2. The van der Waals surface area contributed by atoms with Crippen LogP contribution in [0.2, 0.25) is 5.15 Å². The first-order valence-corrected chi connectivity index (χ1v) is 13.2. The molecule has 13 heteroatoms. The molecule has 0 saturated carbocycles. The average Bonchev–Trinajstić information content (AvgIpc) is 3.42. The van der Waals surface area contributed by atoms with Crippen molar-refractivity contribution in [2.75, 3.05) is 24.1 Å². The van der Waals surface area contributed by atoms with Crippen LogP contribution in [-0.2, 0) is 21.3 Å². The van der Waals surface area contributed by atoms with Gasteiger partial charge in [0.25, 0.3) is 0 Å². The molecule has 0 spiro atoms. The van der Waals surface area contributed by atoms with E-state index < -0.39 is 10.0 Å². The Labute approximate surface area is 206 Å². The van der Waals surface area contributed by atoms with Crippen molar-refractivity contribution in [1.29, 1.82) is 0 Å². The molecule has 35 heavy (non-hydrogen) atoms. The minimum absolute atomic E-state index is 0.0512. The Bertz CT molecular complexity index is 1480. The number of rotatable bonds is 6. The standard InChI is InChI=1S/C22H24ClN7O4S/c1-12-9-30(10-13(2)33-12)11-20-27-28-22(34-20)16-4-14(5-18-17(16)8-25-26-18)15-6-19(21(23)24-7-15)29-35(3,31)32/h4-8,12-13,29H,9-11H2,1-3H3,(H,25,26). The van der Waals surface area contributed by atoms with Gasteiger partial charge in [-0.05, 0) is 37.6 Å². The summed E-state index contributed by atoms with van der Waals surface area (Å²) < 4.78 is 37.7. The maximum atomic E-state index is 11.7. The summed E-state index contributed by atoms with van der Waals surface area (Å²) in [5.41, 5.74) is 3.02. The molecule has 1 aliphatic heterocycles. The van der Waals surface area contributed by atoms with Gasteiger partial charge in [-0.25, -0.2) is 13.4 Å². The Balaban J connectivity index is 1.49. The van der Waals surface area contributed by atoms with Crippen molar-refractivity contribution >= 4 is 38.2 Å². The van der Waals surface area contributed by atoms with Crippen LogP contribution >= 0.6 is 11.6 Å². The normalized spacial score (nSPS) is 19.3. The lowest BCUT2D eigenvalue weighted by atomic mass is 10.0. The van der Waals surface area contributed by atoms with E-state index >= 15 is 0 Å². The first-order chi connectivity index (χ1) is 16.6. The van der Waals surface area contributed by atoms with Gasteiger partial charge in [-0.1, -0.05) is 11.6 Å². The second-order valence-electron chi connectivity index (χ2n) is 8.74. The molecule has 0 amide bonds. The summed E-state index contributed by atoms with van der Waals surface area (Å²) in [6.45, 7) is 6.20.